The predicted octanol–water partition coefficient (Wildman–Crippen LogP) is 3.36. The van der Waals surface area contributed by atoms with Gasteiger partial charge in [-0.15, -0.1) is 0 Å². The molecule has 0 saturated carbocycles. The molecule has 2 rings (SSSR count). The molecule has 7 heteroatoms. The van der Waals surface area contributed by atoms with Gasteiger partial charge in [0.05, 0.1) is 5.69 Å². The first-order chi connectivity index (χ1) is 9.95. The van der Waals surface area contributed by atoms with E-state index in [-0.39, 0.29) is 11.3 Å². The van der Waals surface area contributed by atoms with E-state index in [1.807, 2.05) is 0 Å². The van der Waals surface area contributed by atoms with Crippen LogP contribution in [0.25, 0.3) is 0 Å². The van der Waals surface area contributed by atoms with Crippen molar-refractivity contribution in [1.82, 2.24) is 4.57 Å². The summed E-state index contributed by atoms with van der Waals surface area (Å²) in [4.78, 5) is 11.3. The number of aryl methyl sites for hydroxylation is 1. The number of hydrogen-bond acceptors (Lipinski definition) is 3. The van der Waals surface area contributed by atoms with E-state index in [9.17, 15) is 13.6 Å². The molecule has 112 valence electrons. The summed E-state index contributed by atoms with van der Waals surface area (Å²) in [5.41, 5.74) is 1.17. The zero-order valence-electron chi connectivity index (χ0n) is 11.1. The number of nitrogens with one attached hydrogen (secondary N) is 1. The minimum absolute atomic E-state index is 0.116. The maximum atomic E-state index is 12.4. The largest absolute Gasteiger partial charge is 0.434 e. The number of nitrogens with zero attached hydrogens (tertiary/aromatic N) is 1. The lowest BCUT2D eigenvalue weighted by molar-refractivity contribution is -0.0504. The van der Waals surface area contributed by atoms with Crippen LogP contribution in [-0.4, -0.2) is 11.2 Å². The van der Waals surface area contributed by atoms with Gasteiger partial charge in [0.15, 0.2) is 0 Å². The number of anilines is 1. The lowest BCUT2D eigenvalue weighted by atomic mass is 10.2. The minimum atomic E-state index is -2.87. The van der Waals surface area contributed by atoms with Gasteiger partial charge in [0.1, 0.15) is 5.75 Å². The third kappa shape index (κ3) is 4.29. The quantitative estimate of drug-likeness (QED) is 0.890. The van der Waals surface area contributed by atoms with E-state index in [0.29, 0.717) is 17.8 Å². The molecule has 1 N–H and O–H groups in total. The highest BCUT2D eigenvalue weighted by molar-refractivity contribution is 9.10. The summed E-state index contributed by atoms with van der Waals surface area (Å²) in [6.07, 6.45) is 1.63. The summed E-state index contributed by atoms with van der Waals surface area (Å²) < 4.78 is 31.4. The number of benzene rings is 1. The number of ether oxygens (including phenoxy) is 1. The van der Waals surface area contributed by atoms with Crippen molar-refractivity contribution in [1.29, 1.82) is 0 Å². The molecule has 0 aliphatic carbocycles. The third-order valence-corrected chi connectivity index (χ3v) is 3.30. The molecule has 1 aromatic carbocycles. The van der Waals surface area contributed by atoms with E-state index in [4.69, 9.17) is 0 Å². The van der Waals surface area contributed by atoms with Gasteiger partial charge >= 0.3 is 6.61 Å². The van der Waals surface area contributed by atoms with Crippen molar-refractivity contribution in [2.45, 2.75) is 13.2 Å². The Labute approximate surface area is 128 Å². The topological polar surface area (TPSA) is 43.3 Å². The summed E-state index contributed by atoms with van der Waals surface area (Å²) in [5, 5.41) is 3.06. The molecule has 0 aliphatic rings. The molecular weight excluding hydrogens is 346 g/mol. The van der Waals surface area contributed by atoms with Gasteiger partial charge in [0.2, 0.25) is 5.56 Å². The van der Waals surface area contributed by atoms with Gasteiger partial charge in [-0.05, 0) is 24.3 Å². The van der Waals surface area contributed by atoms with Gasteiger partial charge in [-0.1, -0.05) is 15.9 Å². The summed E-state index contributed by atoms with van der Waals surface area (Å²) in [6.45, 7) is -2.58. The first-order valence-electron chi connectivity index (χ1n) is 6.09. The zero-order valence-corrected chi connectivity index (χ0v) is 12.7. The molecule has 21 heavy (non-hydrogen) atoms. The number of halogens is 3. The van der Waals surface area contributed by atoms with Crippen LogP contribution in [-0.2, 0) is 13.6 Å². The Hall–Kier alpha value is -1.89. The smallest absolute Gasteiger partial charge is 0.387 e. The van der Waals surface area contributed by atoms with Crippen LogP contribution in [0, 0.1) is 0 Å². The monoisotopic (exact) mass is 358 g/mol. The average molecular weight is 359 g/mol. The Morgan fingerprint density at radius 1 is 1.33 bits per heavy atom. The molecule has 0 unspecified atom stereocenters. The third-order valence-electron chi connectivity index (χ3n) is 2.81. The van der Waals surface area contributed by atoms with Crippen LogP contribution in [0.5, 0.6) is 5.75 Å². The zero-order chi connectivity index (χ0) is 15.4. The molecule has 0 bridgehead atoms. The first-order valence-corrected chi connectivity index (χ1v) is 6.89. The van der Waals surface area contributed by atoms with Crippen LogP contribution < -0.4 is 15.6 Å². The van der Waals surface area contributed by atoms with Gasteiger partial charge in [0, 0.05) is 35.9 Å². The number of rotatable bonds is 5. The van der Waals surface area contributed by atoms with Crippen LogP contribution in [0.15, 0.2) is 45.8 Å². The summed E-state index contributed by atoms with van der Waals surface area (Å²) in [6, 6.07) is 7.88. The lowest BCUT2D eigenvalue weighted by Crippen LogP contribution is -2.15. The van der Waals surface area contributed by atoms with Crippen molar-refractivity contribution in [2.24, 2.45) is 7.05 Å². The van der Waals surface area contributed by atoms with Gasteiger partial charge in [0.25, 0.3) is 0 Å². The molecule has 1 heterocycles. The van der Waals surface area contributed by atoms with Crippen molar-refractivity contribution < 1.29 is 13.5 Å². The maximum Gasteiger partial charge on any atom is 0.387 e. The van der Waals surface area contributed by atoms with Gasteiger partial charge in [-0.2, -0.15) is 8.78 Å². The fourth-order valence-electron chi connectivity index (χ4n) is 1.79. The van der Waals surface area contributed by atoms with Gasteiger partial charge < -0.3 is 14.6 Å². The Kier molecular flexibility index (Phi) is 4.95. The Morgan fingerprint density at radius 2 is 2.10 bits per heavy atom. The molecule has 4 nitrogen and oxygen atoms in total. The lowest BCUT2D eigenvalue weighted by Gasteiger charge is -2.13. The average Bonchev–Trinajstić information content (AvgIpc) is 2.42. The highest BCUT2D eigenvalue weighted by Gasteiger charge is 2.10. The molecular formula is C14H13BrF2N2O2. The van der Waals surface area contributed by atoms with E-state index >= 15 is 0 Å². The number of aromatic nitrogens is 1. The van der Waals surface area contributed by atoms with Gasteiger partial charge in [-0.25, -0.2) is 0 Å². The second kappa shape index (κ2) is 6.71. The SMILES string of the molecule is Cn1cc(NCc2cc(Br)ccc2OC(F)F)ccc1=O. The highest BCUT2D eigenvalue weighted by atomic mass is 79.9. The molecule has 0 amide bonds. The minimum Gasteiger partial charge on any atom is -0.434 e. The molecule has 0 spiro atoms. The summed E-state index contributed by atoms with van der Waals surface area (Å²) in [5.74, 6) is 0.116. The standard InChI is InChI=1S/C14H13BrF2N2O2/c1-19-8-11(3-5-13(19)20)18-7-9-6-10(15)2-4-12(9)21-14(16)17/h2-6,8,14,18H,7H2,1H3. The van der Waals surface area contributed by atoms with E-state index < -0.39 is 6.61 Å². The van der Waals surface area contributed by atoms with Gasteiger partial charge in [-0.3, -0.25) is 4.79 Å². The van der Waals surface area contributed by atoms with Crippen molar-refractivity contribution in [2.75, 3.05) is 5.32 Å². The van der Waals surface area contributed by atoms with E-state index in [0.717, 1.165) is 4.47 Å². The van der Waals surface area contributed by atoms with E-state index in [1.54, 1.807) is 31.4 Å². The summed E-state index contributed by atoms with van der Waals surface area (Å²) in [7, 11) is 1.64. The second-order valence-electron chi connectivity index (χ2n) is 4.35. The molecule has 0 atom stereocenters. The predicted molar refractivity (Wildman–Crippen MR) is 79.8 cm³/mol. The maximum absolute atomic E-state index is 12.4. The van der Waals surface area contributed by atoms with Crippen LogP contribution in [0.2, 0.25) is 0 Å². The fourth-order valence-corrected chi connectivity index (χ4v) is 2.20. The molecule has 0 saturated heterocycles. The molecule has 2 aromatic rings. The van der Waals surface area contributed by atoms with E-state index in [2.05, 4.69) is 26.0 Å². The molecule has 1 aromatic heterocycles. The molecule has 0 fully saturated rings. The Morgan fingerprint density at radius 3 is 2.76 bits per heavy atom. The Bertz CT molecular complexity index is 689. The number of alkyl halides is 2. The number of pyridine rings is 1. The fraction of sp³-hybridized carbons (Fsp3) is 0.214. The molecule has 0 radical (unpaired) electrons. The molecule has 0 aliphatic heterocycles. The van der Waals surface area contributed by atoms with Crippen molar-refractivity contribution in [3.63, 3.8) is 0 Å². The first kappa shape index (κ1) is 15.5. The van der Waals surface area contributed by atoms with Crippen LogP contribution >= 0.6 is 15.9 Å². The van der Waals surface area contributed by atoms with Crippen LogP contribution in [0.4, 0.5) is 14.5 Å². The van der Waals surface area contributed by atoms with Crippen molar-refractivity contribution in [3.05, 3.63) is 56.9 Å². The number of hydrogen-bond donors (Lipinski definition) is 1. The van der Waals surface area contributed by atoms with Crippen molar-refractivity contribution in [3.8, 4) is 5.75 Å². The van der Waals surface area contributed by atoms with Crippen LogP contribution in [0.3, 0.4) is 0 Å². The van der Waals surface area contributed by atoms with E-state index in [1.165, 1.54) is 16.7 Å². The van der Waals surface area contributed by atoms with Crippen LogP contribution in [0.1, 0.15) is 5.56 Å². The highest BCUT2D eigenvalue weighted by Crippen LogP contribution is 2.25. The normalized spacial score (nSPS) is 10.7. The van der Waals surface area contributed by atoms with Crippen molar-refractivity contribution >= 4 is 21.6 Å². The summed E-state index contributed by atoms with van der Waals surface area (Å²) >= 11 is 3.29. The Balaban J connectivity index is 2.16. The second-order valence-corrected chi connectivity index (χ2v) is 5.27.